The van der Waals surface area contributed by atoms with Crippen LogP contribution in [0.15, 0.2) is 23.2 Å². The van der Waals surface area contributed by atoms with Crippen LogP contribution in [-0.2, 0) is 6.54 Å². The number of aliphatic imine (C=N–C) groups is 1. The summed E-state index contributed by atoms with van der Waals surface area (Å²) in [6.07, 6.45) is 3.79. The van der Waals surface area contributed by atoms with Crippen molar-refractivity contribution in [3.05, 3.63) is 23.8 Å². The number of hydrogen-bond donors (Lipinski definition) is 3. The highest BCUT2D eigenvalue weighted by molar-refractivity contribution is 14.0. The molecule has 130 valence electrons. The minimum atomic E-state index is -0.635. The molecule has 2 rings (SSSR count). The molecule has 1 aliphatic carbocycles. The summed E-state index contributed by atoms with van der Waals surface area (Å²) in [5.41, 5.74) is 6.20. The highest BCUT2D eigenvalue weighted by Gasteiger charge is 2.30. The second-order valence-corrected chi connectivity index (χ2v) is 5.68. The molecule has 0 aliphatic heterocycles. The van der Waals surface area contributed by atoms with Crippen molar-refractivity contribution in [3.8, 4) is 11.5 Å². The Morgan fingerprint density at radius 3 is 2.52 bits per heavy atom. The minimum absolute atomic E-state index is 0. The van der Waals surface area contributed by atoms with E-state index < -0.39 is 5.60 Å². The Morgan fingerprint density at radius 1 is 1.26 bits per heavy atom. The fraction of sp³-hybridized carbons (Fsp3) is 0.562. The summed E-state index contributed by atoms with van der Waals surface area (Å²) in [4.78, 5) is 4.29. The lowest BCUT2D eigenvalue weighted by Crippen LogP contribution is -2.43. The van der Waals surface area contributed by atoms with Gasteiger partial charge in [-0.3, -0.25) is 0 Å². The van der Waals surface area contributed by atoms with Gasteiger partial charge in [0.1, 0.15) is 0 Å². The minimum Gasteiger partial charge on any atom is -0.493 e. The van der Waals surface area contributed by atoms with Crippen molar-refractivity contribution in [3.63, 3.8) is 0 Å². The van der Waals surface area contributed by atoms with Crippen LogP contribution in [0.1, 0.15) is 31.2 Å². The number of halogens is 1. The molecule has 0 aromatic heterocycles. The summed E-state index contributed by atoms with van der Waals surface area (Å²) in [7, 11) is 3.20. The van der Waals surface area contributed by atoms with E-state index in [4.69, 9.17) is 15.2 Å². The Hall–Kier alpha value is -1.22. The van der Waals surface area contributed by atoms with Gasteiger partial charge in [0.05, 0.1) is 26.4 Å². The average molecular weight is 435 g/mol. The number of benzene rings is 1. The number of methoxy groups -OCH3 is 2. The fourth-order valence-electron chi connectivity index (χ4n) is 2.68. The SMILES string of the molecule is COc1ccc(CN=C(N)NCC2(O)CCCC2)cc1OC.I. The molecular weight excluding hydrogens is 409 g/mol. The molecular formula is C16H26IN3O3. The third-order valence-corrected chi connectivity index (χ3v) is 4.01. The van der Waals surface area contributed by atoms with Crippen LogP contribution in [0, 0.1) is 0 Å². The van der Waals surface area contributed by atoms with Crippen LogP contribution in [0.5, 0.6) is 11.5 Å². The quantitative estimate of drug-likeness (QED) is 0.362. The first-order chi connectivity index (χ1) is 10.6. The van der Waals surface area contributed by atoms with Gasteiger partial charge in [0, 0.05) is 6.54 Å². The third kappa shape index (κ3) is 5.72. The van der Waals surface area contributed by atoms with E-state index in [0.717, 1.165) is 31.2 Å². The van der Waals surface area contributed by atoms with Crippen LogP contribution in [0.3, 0.4) is 0 Å². The molecule has 23 heavy (non-hydrogen) atoms. The summed E-state index contributed by atoms with van der Waals surface area (Å²) in [5, 5.41) is 13.3. The standard InChI is InChI=1S/C16H25N3O3.HI/c1-21-13-6-5-12(9-14(13)22-2)10-18-15(17)19-11-16(20)7-3-4-8-16;/h5-6,9,20H,3-4,7-8,10-11H2,1-2H3,(H3,17,18,19);1H. The van der Waals surface area contributed by atoms with Gasteiger partial charge in [-0.2, -0.15) is 0 Å². The van der Waals surface area contributed by atoms with Crippen LogP contribution in [-0.4, -0.2) is 37.4 Å². The predicted octanol–water partition coefficient (Wildman–Crippen LogP) is 2.03. The van der Waals surface area contributed by atoms with Gasteiger partial charge in [-0.25, -0.2) is 4.99 Å². The van der Waals surface area contributed by atoms with Gasteiger partial charge in [0.2, 0.25) is 0 Å². The maximum absolute atomic E-state index is 10.2. The summed E-state index contributed by atoms with van der Waals surface area (Å²) < 4.78 is 10.5. The number of nitrogens with one attached hydrogen (secondary N) is 1. The van der Waals surface area contributed by atoms with Crippen molar-refractivity contribution in [1.29, 1.82) is 0 Å². The smallest absolute Gasteiger partial charge is 0.189 e. The number of guanidine groups is 1. The van der Waals surface area contributed by atoms with Gasteiger partial charge in [-0.1, -0.05) is 18.9 Å². The summed E-state index contributed by atoms with van der Waals surface area (Å²) in [6, 6.07) is 5.64. The molecule has 1 aliphatic rings. The van der Waals surface area contributed by atoms with Gasteiger partial charge in [-0.15, -0.1) is 24.0 Å². The molecule has 0 spiro atoms. The van der Waals surface area contributed by atoms with Gasteiger partial charge < -0.3 is 25.6 Å². The molecule has 1 aromatic rings. The molecule has 0 atom stereocenters. The van der Waals surface area contributed by atoms with Crippen LogP contribution in [0.4, 0.5) is 0 Å². The predicted molar refractivity (Wildman–Crippen MR) is 102 cm³/mol. The molecule has 0 unspecified atom stereocenters. The van der Waals surface area contributed by atoms with Crippen molar-refractivity contribution in [2.75, 3.05) is 20.8 Å². The van der Waals surface area contributed by atoms with Gasteiger partial charge in [0.15, 0.2) is 17.5 Å². The second-order valence-electron chi connectivity index (χ2n) is 5.68. The Bertz CT molecular complexity index is 531. The fourth-order valence-corrected chi connectivity index (χ4v) is 2.68. The monoisotopic (exact) mass is 435 g/mol. The number of rotatable bonds is 6. The zero-order chi connectivity index (χ0) is 16.0. The lowest BCUT2D eigenvalue weighted by atomic mass is 10.0. The van der Waals surface area contributed by atoms with E-state index in [-0.39, 0.29) is 24.0 Å². The van der Waals surface area contributed by atoms with Crippen molar-refractivity contribution in [2.24, 2.45) is 10.7 Å². The number of nitrogens with two attached hydrogens (primary N) is 1. The average Bonchev–Trinajstić information content (AvgIpc) is 2.97. The molecule has 7 heteroatoms. The van der Waals surface area contributed by atoms with Crippen LogP contribution < -0.4 is 20.5 Å². The second kappa shape index (κ2) is 9.17. The molecule has 0 saturated heterocycles. The number of ether oxygens (including phenoxy) is 2. The van der Waals surface area contributed by atoms with Gasteiger partial charge in [-0.05, 0) is 30.5 Å². The largest absolute Gasteiger partial charge is 0.493 e. The molecule has 1 saturated carbocycles. The lowest BCUT2D eigenvalue weighted by molar-refractivity contribution is 0.0523. The third-order valence-electron chi connectivity index (χ3n) is 4.01. The number of aliphatic hydroxyl groups is 1. The zero-order valence-corrected chi connectivity index (χ0v) is 16.0. The maximum atomic E-state index is 10.2. The maximum Gasteiger partial charge on any atom is 0.189 e. The summed E-state index contributed by atoms with van der Waals surface area (Å²) >= 11 is 0. The van der Waals surface area contributed by atoms with Crippen molar-refractivity contribution in [1.82, 2.24) is 5.32 Å². The first kappa shape index (κ1) is 19.8. The Morgan fingerprint density at radius 2 is 1.91 bits per heavy atom. The molecule has 0 bridgehead atoms. The van der Waals surface area contributed by atoms with Crippen molar-refractivity contribution >= 4 is 29.9 Å². The Balaban J connectivity index is 0.00000264. The van der Waals surface area contributed by atoms with E-state index in [9.17, 15) is 5.11 Å². The van der Waals surface area contributed by atoms with Crippen molar-refractivity contribution in [2.45, 2.75) is 37.8 Å². The molecule has 1 aromatic carbocycles. The van der Waals surface area contributed by atoms with E-state index in [1.165, 1.54) is 0 Å². The van der Waals surface area contributed by atoms with Crippen LogP contribution in [0.25, 0.3) is 0 Å². The molecule has 0 radical (unpaired) electrons. The van der Waals surface area contributed by atoms with E-state index in [1.54, 1.807) is 14.2 Å². The van der Waals surface area contributed by atoms with Crippen LogP contribution in [0.2, 0.25) is 0 Å². The molecule has 6 nitrogen and oxygen atoms in total. The topological polar surface area (TPSA) is 89.1 Å². The molecule has 0 amide bonds. The van der Waals surface area contributed by atoms with E-state index in [0.29, 0.717) is 30.5 Å². The number of nitrogens with zero attached hydrogens (tertiary/aromatic N) is 1. The van der Waals surface area contributed by atoms with Gasteiger partial charge >= 0.3 is 0 Å². The molecule has 1 fully saturated rings. The van der Waals surface area contributed by atoms with E-state index in [2.05, 4.69) is 10.3 Å². The van der Waals surface area contributed by atoms with Crippen molar-refractivity contribution < 1.29 is 14.6 Å². The highest BCUT2D eigenvalue weighted by Crippen LogP contribution is 2.29. The van der Waals surface area contributed by atoms with E-state index >= 15 is 0 Å². The number of hydrogen-bond acceptors (Lipinski definition) is 4. The Kier molecular flexibility index (Phi) is 7.90. The van der Waals surface area contributed by atoms with E-state index in [1.807, 2.05) is 18.2 Å². The summed E-state index contributed by atoms with van der Waals surface area (Å²) in [5.74, 6) is 1.70. The Labute approximate surface area is 154 Å². The molecule has 0 heterocycles. The lowest BCUT2D eigenvalue weighted by Gasteiger charge is -2.22. The van der Waals surface area contributed by atoms with Gasteiger partial charge in [0.25, 0.3) is 0 Å². The molecule has 4 N–H and O–H groups in total. The first-order valence-electron chi connectivity index (χ1n) is 7.53. The summed E-state index contributed by atoms with van der Waals surface area (Å²) in [6.45, 7) is 0.895. The highest BCUT2D eigenvalue weighted by atomic mass is 127. The normalized spacial score (nSPS) is 16.6. The van der Waals surface area contributed by atoms with Crippen LogP contribution >= 0.6 is 24.0 Å². The zero-order valence-electron chi connectivity index (χ0n) is 13.7. The first-order valence-corrected chi connectivity index (χ1v) is 7.53.